The molecule has 0 aliphatic carbocycles. The Hall–Kier alpha value is -2.91. The molecule has 29 heavy (non-hydrogen) atoms. The smallest absolute Gasteiger partial charge is 0.292 e. The average molecular weight is 415 g/mol. The summed E-state index contributed by atoms with van der Waals surface area (Å²) in [5.41, 5.74) is 1.85. The van der Waals surface area contributed by atoms with E-state index < -0.39 is 0 Å². The molecule has 1 saturated heterocycles. The highest BCUT2D eigenvalue weighted by Gasteiger charge is 2.22. The van der Waals surface area contributed by atoms with Crippen LogP contribution in [0.4, 0.5) is 10.1 Å². The first-order chi connectivity index (χ1) is 14.2. The Labute approximate surface area is 171 Å². The van der Waals surface area contributed by atoms with Crippen molar-refractivity contribution in [2.45, 2.75) is 6.67 Å². The summed E-state index contributed by atoms with van der Waals surface area (Å²) < 4.78 is 31.3. The fourth-order valence-electron chi connectivity index (χ4n) is 3.66. The van der Waals surface area contributed by atoms with E-state index >= 15 is 0 Å². The highest BCUT2D eigenvalue weighted by atomic mass is 32.1. The predicted molar refractivity (Wildman–Crippen MR) is 106 cm³/mol. The number of nitrogens with one attached hydrogen (secondary N) is 1. The molecule has 3 aromatic rings. The summed E-state index contributed by atoms with van der Waals surface area (Å²) in [6.07, 6.45) is 0. The van der Waals surface area contributed by atoms with E-state index in [4.69, 9.17) is 26.1 Å². The van der Waals surface area contributed by atoms with E-state index in [1.807, 2.05) is 30.3 Å². The number of halogens is 1. The lowest BCUT2D eigenvalue weighted by molar-refractivity contribution is -0.924. The van der Waals surface area contributed by atoms with Crippen molar-refractivity contribution in [3.05, 3.63) is 53.1 Å². The van der Waals surface area contributed by atoms with Gasteiger partial charge in [-0.1, -0.05) is 0 Å². The van der Waals surface area contributed by atoms with E-state index in [9.17, 15) is 4.39 Å². The number of rotatable bonds is 4. The lowest BCUT2D eigenvalue weighted by atomic mass is 10.2. The molecule has 3 heterocycles. The molecule has 0 radical (unpaired) electrons. The summed E-state index contributed by atoms with van der Waals surface area (Å²) in [5.74, 6) is 1.66. The van der Waals surface area contributed by atoms with Crippen LogP contribution in [0.5, 0.6) is 11.5 Å². The normalized spacial score (nSPS) is 16.4. The topological polar surface area (TPSA) is 57.1 Å². The largest absolute Gasteiger partial charge is 0.454 e. The van der Waals surface area contributed by atoms with Crippen LogP contribution in [0.1, 0.15) is 0 Å². The molecule has 2 aromatic carbocycles. The lowest BCUT2D eigenvalue weighted by Crippen LogP contribution is -3.14. The van der Waals surface area contributed by atoms with E-state index in [0.717, 1.165) is 43.2 Å². The maximum atomic E-state index is 13.1. The second-order valence-corrected chi connectivity index (χ2v) is 7.46. The number of fused-ring (bicyclic) bond motifs is 1. The molecule has 0 amide bonds. The van der Waals surface area contributed by atoms with Crippen LogP contribution in [-0.4, -0.2) is 42.8 Å². The number of nitrogens with zero attached hydrogens (tertiary/aromatic N) is 3. The van der Waals surface area contributed by atoms with Crippen molar-refractivity contribution in [3.8, 4) is 23.0 Å². The van der Waals surface area contributed by atoms with Crippen LogP contribution in [0.2, 0.25) is 0 Å². The first-order valence-corrected chi connectivity index (χ1v) is 9.88. The predicted octanol–water partition coefficient (Wildman–Crippen LogP) is 2.10. The summed E-state index contributed by atoms with van der Waals surface area (Å²) in [6, 6.07) is 12.2. The van der Waals surface area contributed by atoms with Gasteiger partial charge in [0.15, 0.2) is 18.2 Å². The van der Waals surface area contributed by atoms with Gasteiger partial charge in [-0.2, -0.15) is 4.68 Å². The molecule has 9 heteroatoms. The molecule has 1 N–H and O–H groups in total. The van der Waals surface area contributed by atoms with E-state index in [-0.39, 0.29) is 12.6 Å². The van der Waals surface area contributed by atoms with Crippen molar-refractivity contribution in [2.75, 3.05) is 37.9 Å². The van der Waals surface area contributed by atoms with Gasteiger partial charge in [-0.15, -0.1) is 5.10 Å². The molecular weight excluding hydrogens is 395 g/mol. The zero-order chi connectivity index (χ0) is 19.8. The third-order valence-corrected chi connectivity index (χ3v) is 5.56. The Morgan fingerprint density at radius 1 is 1.03 bits per heavy atom. The van der Waals surface area contributed by atoms with Gasteiger partial charge in [0, 0.05) is 11.3 Å². The van der Waals surface area contributed by atoms with E-state index in [1.165, 1.54) is 17.0 Å². The van der Waals surface area contributed by atoms with E-state index in [1.54, 1.807) is 4.68 Å². The molecule has 0 spiro atoms. The van der Waals surface area contributed by atoms with Gasteiger partial charge in [0.05, 0.1) is 26.2 Å². The van der Waals surface area contributed by atoms with Gasteiger partial charge in [0.1, 0.15) is 5.82 Å². The van der Waals surface area contributed by atoms with Gasteiger partial charge in [0.2, 0.25) is 12.7 Å². The number of piperazine rings is 1. The molecule has 0 bridgehead atoms. The van der Waals surface area contributed by atoms with Crippen LogP contribution >= 0.6 is 12.2 Å². The number of aromatic nitrogens is 2. The molecule has 0 unspecified atom stereocenters. The van der Waals surface area contributed by atoms with Crippen molar-refractivity contribution in [1.82, 2.24) is 9.78 Å². The van der Waals surface area contributed by atoms with Crippen LogP contribution in [0.15, 0.2) is 46.9 Å². The van der Waals surface area contributed by atoms with Crippen molar-refractivity contribution in [2.24, 2.45) is 0 Å². The van der Waals surface area contributed by atoms with Crippen LogP contribution in [0, 0.1) is 10.7 Å². The zero-order valence-electron chi connectivity index (χ0n) is 15.6. The summed E-state index contributed by atoms with van der Waals surface area (Å²) in [7, 11) is 0. The van der Waals surface area contributed by atoms with Gasteiger partial charge in [-0.3, -0.25) is 0 Å². The Morgan fingerprint density at radius 3 is 2.59 bits per heavy atom. The number of quaternary nitrogens is 1. The second-order valence-electron chi connectivity index (χ2n) is 7.11. The second kappa shape index (κ2) is 7.49. The summed E-state index contributed by atoms with van der Waals surface area (Å²) in [5, 5.41) is 4.56. The van der Waals surface area contributed by atoms with Crippen LogP contribution in [0.3, 0.4) is 0 Å². The van der Waals surface area contributed by atoms with Gasteiger partial charge >= 0.3 is 0 Å². The molecule has 2 aliphatic rings. The molecule has 150 valence electrons. The number of ether oxygens (including phenoxy) is 2. The highest BCUT2D eigenvalue weighted by Crippen LogP contribution is 2.35. The average Bonchev–Trinajstić information content (AvgIpc) is 3.35. The molecule has 5 rings (SSSR count). The quantitative estimate of drug-likeness (QED) is 0.659. The van der Waals surface area contributed by atoms with Gasteiger partial charge < -0.3 is 23.7 Å². The van der Waals surface area contributed by atoms with Crippen molar-refractivity contribution >= 4 is 17.9 Å². The summed E-state index contributed by atoms with van der Waals surface area (Å²) in [6.45, 7) is 4.52. The Bertz CT molecular complexity index is 1070. The van der Waals surface area contributed by atoms with Gasteiger partial charge in [-0.05, 0) is 54.7 Å². The van der Waals surface area contributed by atoms with E-state index in [2.05, 4.69) is 10.00 Å². The Balaban J connectivity index is 1.25. The van der Waals surface area contributed by atoms with Crippen molar-refractivity contribution in [3.63, 3.8) is 0 Å². The SMILES string of the molecule is Fc1ccc(N2CC[NH+](Cn3nc(-c4ccc5c(c4)OCO5)oc3=S)CC2)cc1. The monoisotopic (exact) mass is 415 g/mol. The third kappa shape index (κ3) is 3.70. The lowest BCUT2D eigenvalue weighted by Gasteiger charge is -2.33. The first kappa shape index (κ1) is 18.1. The Kier molecular flexibility index (Phi) is 4.69. The van der Waals surface area contributed by atoms with Crippen LogP contribution < -0.4 is 19.3 Å². The zero-order valence-corrected chi connectivity index (χ0v) is 16.5. The van der Waals surface area contributed by atoms with Crippen LogP contribution in [0.25, 0.3) is 11.5 Å². The third-order valence-electron chi connectivity index (χ3n) is 5.26. The van der Waals surface area contributed by atoms with Gasteiger partial charge in [0.25, 0.3) is 4.84 Å². The fraction of sp³-hybridized carbons (Fsp3) is 0.300. The highest BCUT2D eigenvalue weighted by molar-refractivity contribution is 7.71. The molecule has 1 aromatic heterocycles. The maximum Gasteiger partial charge on any atom is 0.292 e. The number of anilines is 1. The van der Waals surface area contributed by atoms with Crippen molar-refractivity contribution < 1.29 is 23.2 Å². The molecule has 0 saturated carbocycles. The van der Waals surface area contributed by atoms with Gasteiger partial charge in [-0.25, -0.2) is 4.39 Å². The molecule has 2 aliphatic heterocycles. The van der Waals surface area contributed by atoms with Crippen molar-refractivity contribution in [1.29, 1.82) is 0 Å². The molecule has 0 atom stereocenters. The number of benzene rings is 2. The maximum absolute atomic E-state index is 13.1. The molecular formula is C20H20FN4O3S+. The minimum Gasteiger partial charge on any atom is -0.454 e. The summed E-state index contributed by atoms with van der Waals surface area (Å²) >= 11 is 5.37. The minimum atomic E-state index is -0.211. The minimum absolute atomic E-state index is 0.211. The number of hydrogen-bond donors (Lipinski definition) is 1. The fourth-order valence-corrected chi connectivity index (χ4v) is 3.84. The molecule has 7 nitrogen and oxygen atoms in total. The number of hydrogen-bond acceptors (Lipinski definition) is 6. The standard InChI is InChI=1S/C20H19FN4O3S/c21-15-2-4-16(5-3-15)24-9-7-23(8-10-24)12-25-20(29)28-19(22-25)14-1-6-17-18(11-14)27-13-26-17/h1-6,11H,7-10,12-13H2/p+1. The van der Waals surface area contributed by atoms with E-state index in [0.29, 0.717) is 23.1 Å². The Morgan fingerprint density at radius 2 is 1.79 bits per heavy atom. The molecule has 1 fully saturated rings. The first-order valence-electron chi connectivity index (χ1n) is 9.48. The van der Waals surface area contributed by atoms with Crippen LogP contribution in [-0.2, 0) is 6.67 Å². The summed E-state index contributed by atoms with van der Waals surface area (Å²) in [4.78, 5) is 3.99.